The van der Waals surface area contributed by atoms with E-state index in [0.717, 1.165) is 59.4 Å². The molecule has 1 saturated heterocycles. The number of likely N-dealkylation sites (tertiary alicyclic amines) is 1. The van der Waals surface area contributed by atoms with E-state index in [1.165, 1.54) is 37.0 Å². The molecule has 1 aromatic carbocycles. The number of fused-ring (bicyclic) bond motifs is 1. The van der Waals surface area contributed by atoms with Gasteiger partial charge in [0.15, 0.2) is 0 Å². The van der Waals surface area contributed by atoms with E-state index < -0.39 is 23.7 Å². The highest BCUT2D eigenvalue weighted by Crippen LogP contribution is 2.28. The van der Waals surface area contributed by atoms with Gasteiger partial charge in [-0.15, -0.1) is 0 Å². The molecule has 0 N–H and O–H groups in total. The third-order valence-corrected chi connectivity index (χ3v) is 9.92. The monoisotopic (exact) mass is 753 g/mol. The summed E-state index contributed by atoms with van der Waals surface area (Å²) in [6, 6.07) is 9.42. The maximum Gasteiger partial charge on any atom is 0.410 e. The van der Waals surface area contributed by atoms with Crippen LogP contribution in [0, 0.1) is 18.8 Å². The van der Waals surface area contributed by atoms with Crippen molar-refractivity contribution in [1.82, 2.24) is 24.3 Å². The number of hydrogen-bond donors (Lipinski definition) is 0. The first-order valence-electron chi connectivity index (χ1n) is 19.1. The molecule has 0 radical (unpaired) electrons. The molecule has 0 spiro atoms. The molecule has 2 aliphatic rings. The lowest BCUT2D eigenvalue weighted by molar-refractivity contribution is -0.158. The molecule has 5 rings (SSSR count). The minimum absolute atomic E-state index is 0.106. The van der Waals surface area contributed by atoms with E-state index in [-0.39, 0.29) is 12.0 Å². The summed E-state index contributed by atoms with van der Waals surface area (Å²) in [6.45, 7) is 15.2. The Labute approximate surface area is 321 Å². The Hall–Kier alpha value is -3.80. The predicted molar refractivity (Wildman–Crippen MR) is 214 cm³/mol. The minimum atomic E-state index is -0.705. The van der Waals surface area contributed by atoms with E-state index in [1.54, 1.807) is 38.9 Å². The largest absolute Gasteiger partial charge is 0.493 e. The van der Waals surface area contributed by atoms with Crippen LogP contribution in [0.4, 0.5) is 4.79 Å². The van der Waals surface area contributed by atoms with E-state index >= 15 is 0 Å². The van der Waals surface area contributed by atoms with Crippen LogP contribution in [0.15, 0.2) is 42.7 Å². The second kappa shape index (κ2) is 21.8. The standard InChI is InChI=1S/C17H19N3OS.C17H30N2O5.C7H14/c1-13-18-9-7-17(19-13)20-10-8-14-15(20)5-3-6-16(14)21-11-4-12-22-2;1-12(2)14(18(6)16(22)24-17(3,4)5)15(21)23-13-7-9-19(11-20)10-8-13;1-7-5-3-2-4-6-7/h3,5-10H,4,11-12H2,1-2H3;11-14H,7-10H2,1-6H3;7H,2-6H2,1H3. The van der Waals surface area contributed by atoms with Gasteiger partial charge in [-0.25, -0.2) is 19.6 Å². The summed E-state index contributed by atoms with van der Waals surface area (Å²) in [4.78, 5) is 47.1. The van der Waals surface area contributed by atoms with Gasteiger partial charge < -0.3 is 23.7 Å². The van der Waals surface area contributed by atoms with Crippen molar-refractivity contribution >= 4 is 41.1 Å². The number of amides is 2. The zero-order chi connectivity index (χ0) is 39.0. The smallest absolute Gasteiger partial charge is 0.410 e. The number of rotatable bonds is 11. The molecule has 3 heterocycles. The summed E-state index contributed by atoms with van der Waals surface area (Å²) in [5, 5.41) is 1.11. The number of piperidine rings is 1. The highest BCUT2D eigenvalue weighted by atomic mass is 32.2. The maximum absolute atomic E-state index is 12.6. The number of thioether (sulfide) groups is 1. The van der Waals surface area contributed by atoms with Crippen molar-refractivity contribution in [2.75, 3.05) is 38.8 Å². The molecule has 1 aliphatic carbocycles. The Balaban J connectivity index is 0.000000241. The van der Waals surface area contributed by atoms with Gasteiger partial charge in [0.1, 0.15) is 35.1 Å². The molecular weight excluding hydrogens is 691 g/mol. The number of likely N-dealkylation sites (N-methyl/N-ethyl adjacent to an activating group) is 1. The number of carbonyl (C=O) groups is 3. The van der Waals surface area contributed by atoms with Gasteiger partial charge in [-0.05, 0) is 82.2 Å². The Morgan fingerprint density at radius 1 is 1.06 bits per heavy atom. The highest BCUT2D eigenvalue weighted by molar-refractivity contribution is 7.98. The average molecular weight is 754 g/mol. The van der Waals surface area contributed by atoms with Crippen LogP contribution in [0.1, 0.15) is 98.7 Å². The molecule has 1 unspecified atom stereocenters. The molecule has 11 nitrogen and oxygen atoms in total. The van der Waals surface area contributed by atoms with Crippen molar-refractivity contribution in [3.63, 3.8) is 0 Å². The molecule has 53 heavy (non-hydrogen) atoms. The van der Waals surface area contributed by atoms with E-state index in [0.29, 0.717) is 25.9 Å². The number of aryl methyl sites for hydroxylation is 1. The molecule has 2 fully saturated rings. The lowest BCUT2D eigenvalue weighted by Crippen LogP contribution is -2.49. The van der Waals surface area contributed by atoms with Gasteiger partial charge in [0.2, 0.25) is 6.41 Å². The lowest BCUT2D eigenvalue weighted by Gasteiger charge is -2.34. The number of nitrogens with zero attached hydrogens (tertiary/aromatic N) is 5. The van der Waals surface area contributed by atoms with Gasteiger partial charge >= 0.3 is 12.1 Å². The Morgan fingerprint density at radius 2 is 1.75 bits per heavy atom. The molecule has 2 aromatic heterocycles. The van der Waals surface area contributed by atoms with E-state index in [9.17, 15) is 14.4 Å². The van der Waals surface area contributed by atoms with Crippen LogP contribution in [-0.4, -0.2) is 99.3 Å². The number of benzene rings is 1. The number of hydrogen-bond acceptors (Lipinski definition) is 9. The summed E-state index contributed by atoms with van der Waals surface area (Å²) in [5.41, 5.74) is 0.471. The van der Waals surface area contributed by atoms with Crippen LogP contribution in [0.3, 0.4) is 0 Å². The summed E-state index contributed by atoms with van der Waals surface area (Å²) in [6.07, 6.45) is 15.7. The SMILES string of the molecule is CC(C)C(C(=O)OC1CCN(C=O)CC1)N(C)C(=O)OC(C)(C)C.CC1CCCCC1.CSCCCOc1cccc2c1ccn2-c1ccnc(C)n1. The highest BCUT2D eigenvalue weighted by Gasteiger charge is 2.35. The molecule has 3 aromatic rings. The second-order valence-corrected chi connectivity index (χ2v) is 16.3. The van der Waals surface area contributed by atoms with Crippen molar-refractivity contribution in [2.24, 2.45) is 11.8 Å². The van der Waals surface area contributed by atoms with Crippen molar-refractivity contribution in [3.8, 4) is 11.6 Å². The quantitative estimate of drug-likeness (QED) is 0.108. The normalized spacial score (nSPS) is 15.8. The van der Waals surface area contributed by atoms with Gasteiger partial charge in [-0.2, -0.15) is 11.8 Å². The zero-order valence-corrected chi connectivity index (χ0v) is 34.3. The van der Waals surface area contributed by atoms with Crippen molar-refractivity contribution in [3.05, 3.63) is 48.5 Å². The first-order valence-corrected chi connectivity index (χ1v) is 20.5. The summed E-state index contributed by atoms with van der Waals surface area (Å²) in [7, 11) is 1.55. The Kier molecular flexibility index (Phi) is 17.9. The lowest BCUT2D eigenvalue weighted by atomic mass is 9.91. The third-order valence-electron chi connectivity index (χ3n) is 9.23. The van der Waals surface area contributed by atoms with Crippen molar-refractivity contribution < 1.29 is 28.6 Å². The number of ether oxygens (including phenoxy) is 3. The topological polar surface area (TPSA) is 116 Å². The zero-order valence-electron chi connectivity index (χ0n) is 33.5. The van der Waals surface area contributed by atoms with Crippen LogP contribution in [-0.2, 0) is 19.1 Å². The van der Waals surface area contributed by atoms with Crippen molar-refractivity contribution in [1.29, 1.82) is 0 Å². The van der Waals surface area contributed by atoms with Gasteiger partial charge in [-0.1, -0.05) is 58.9 Å². The Morgan fingerprint density at radius 3 is 2.32 bits per heavy atom. The van der Waals surface area contributed by atoms with Gasteiger partial charge in [0.25, 0.3) is 0 Å². The first-order chi connectivity index (χ1) is 25.2. The van der Waals surface area contributed by atoms with Crippen molar-refractivity contribution in [2.45, 2.75) is 118 Å². The van der Waals surface area contributed by atoms with Crippen LogP contribution in [0.2, 0.25) is 0 Å². The molecular formula is C41H63N5O6S. The minimum Gasteiger partial charge on any atom is -0.493 e. The van der Waals surface area contributed by atoms with Crippen LogP contribution in [0.5, 0.6) is 5.75 Å². The van der Waals surface area contributed by atoms with Gasteiger partial charge in [0.05, 0.1) is 12.1 Å². The Bertz CT molecular complexity index is 1560. The second-order valence-electron chi connectivity index (χ2n) is 15.3. The first kappa shape index (κ1) is 43.6. The third kappa shape index (κ3) is 14.5. The molecule has 0 bridgehead atoms. The molecule has 1 saturated carbocycles. The summed E-state index contributed by atoms with van der Waals surface area (Å²) in [5.74, 6) is 4.20. The van der Waals surface area contributed by atoms with Crippen LogP contribution in [0.25, 0.3) is 16.7 Å². The summed E-state index contributed by atoms with van der Waals surface area (Å²) < 4.78 is 18.9. The van der Waals surface area contributed by atoms with Crippen LogP contribution < -0.4 is 4.74 Å². The molecule has 1 aliphatic heterocycles. The summed E-state index contributed by atoms with van der Waals surface area (Å²) >= 11 is 1.84. The van der Waals surface area contributed by atoms with Gasteiger partial charge in [-0.3, -0.25) is 9.69 Å². The number of aromatic nitrogens is 3. The number of carbonyl (C=O) groups excluding carboxylic acids is 3. The molecule has 294 valence electrons. The number of esters is 1. The van der Waals surface area contributed by atoms with Crippen LogP contribution >= 0.6 is 11.8 Å². The van der Waals surface area contributed by atoms with E-state index in [2.05, 4.69) is 39.8 Å². The molecule has 1 atom stereocenters. The van der Waals surface area contributed by atoms with E-state index in [4.69, 9.17) is 14.2 Å². The average Bonchev–Trinajstić information content (AvgIpc) is 3.56. The predicted octanol–water partition coefficient (Wildman–Crippen LogP) is 8.49. The molecule has 2 amide bonds. The fourth-order valence-corrected chi connectivity index (χ4v) is 6.80. The van der Waals surface area contributed by atoms with E-state index in [1.807, 2.05) is 56.9 Å². The maximum atomic E-state index is 12.6. The molecule has 12 heteroatoms. The van der Waals surface area contributed by atoms with Gasteiger partial charge in [0, 0.05) is 50.8 Å². The fraction of sp³-hybridized carbons (Fsp3) is 0.634. The fourth-order valence-electron chi connectivity index (χ4n) is 6.39.